The van der Waals surface area contributed by atoms with Crippen molar-refractivity contribution in [1.29, 1.82) is 0 Å². The maximum atomic E-state index is 12.7. The van der Waals surface area contributed by atoms with Crippen LogP contribution in [0.4, 0.5) is 0 Å². The van der Waals surface area contributed by atoms with Crippen molar-refractivity contribution in [2.75, 3.05) is 0 Å². The summed E-state index contributed by atoms with van der Waals surface area (Å²) in [5.41, 5.74) is 3.74. The van der Waals surface area contributed by atoms with Crippen molar-refractivity contribution in [3.8, 4) is 0 Å². The topological polar surface area (TPSA) is 93.1 Å². The van der Waals surface area contributed by atoms with E-state index in [9.17, 15) is 13.2 Å². The van der Waals surface area contributed by atoms with Crippen LogP contribution in [0.15, 0.2) is 53.4 Å². The van der Waals surface area contributed by atoms with Gasteiger partial charge in [-0.05, 0) is 38.5 Å². The number of hydrogen-bond acceptors (Lipinski definition) is 4. The first-order valence-electron chi connectivity index (χ1n) is 9.91. The van der Waals surface area contributed by atoms with Gasteiger partial charge in [-0.3, -0.25) is 9.48 Å². The predicted octanol–water partition coefficient (Wildman–Crippen LogP) is 3.84. The molecule has 0 bridgehead atoms. The molecule has 3 aromatic rings. The molecular weight excluding hydrogens is 471 g/mol. The summed E-state index contributed by atoms with van der Waals surface area (Å²) >= 11 is 12.0. The van der Waals surface area contributed by atoms with E-state index in [1.807, 2.05) is 48.9 Å². The smallest absolute Gasteiger partial charge is 0.244 e. The highest BCUT2D eigenvalue weighted by Gasteiger charge is 2.26. The molecule has 1 atom stereocenters. The lowest BCUT2D eigenvalue weighted by Gasteiger charge is -2.16. The molecule has 1 heterocycles. The summed E-state index contributed by atoms with van der Waals surface area (Å²) in [5.74, 6) is -0.480. The molecular formula is C22H24Cl2N4O3S. The van der Waals surface area contributed by atoms with E-state index in [-0.39, 0.29) is 21.5 Å². The lowest BCUT2D eigenvalue weighted by molar-refractivity contribution is -0.122. The van der Waals surface area contributed by atoms with Gasteiger partial charge in [0.15, 0.2) is 0 Å². The van der Waals surface area contributed by atoms with Gasteiger partial charge < -0.3 is 5.32 Å². The Morgan fingerprint density at radius 3 is 2.31 bits per heavy atom. The summed E-state index contributed by atoms with van der Waals surface area (Å²) in [5, 5.41) is 7.31. The molecule has 0 unspecified atom stereocenters. The summed E-state index contributed by atoms with van der Waals surface area (Å²) in [6.45, 7) is 6.12. The van der Waals surface area contributed by atoms with Crippen molar-refractivity contribution in [2.24, 2.45) is 0 Å². The molecule has 0 radical (unpaired) electrons. The molecule has 0 spiro atoms. The zero-order chi connectivity index (χ0) is 23.5. The maximum absolute atomic E-state index is 12.7. The Balaban J connectivity index is 1.67. The van der Waals surface area contributed by atoms with Crippen molar-refractivity contribution in [3.05, 3.63) is 81.1 Å². The molecule has 1 amide bonds. The summed E-state index contributed by atoms with van der Waals surface area (Å²) in [6.07, 6.45) is 0. The number of aromatic nitrogens is 2. The number of aryl methyl sites for hydroxylation is 1. The summed E-state index contributed by atoms with van der Waals surface area (Å²) in [6, 6.07) is 13.3. The lowest BCUT2D eigenvalue weighted by Crippen LogP contribution is -2.44. The van der Waals surface area contributed by atoms with Crippen LogP contribution in [0.5, 0.6) is 0 Å². The molecule has 170 valence electrons. The van der Waals surface area contributed by atoms with Gasteiger partial charge in [0, 0.05) is 17.8 Å². The Morgan fingerprint density at radius 1 is 1.06 bits per heavy atom. The average molecular weight is 495 g/mol. The van der Waals surface area contributed by atoms with Crippen molar-refractivity contribution < 1.29 is 13.2 Å². The Labute approximate surface area is 197 Å². The van der Waals surface area contributed by atoms with E-state index in [1.54, 1.807) is 6.07 Å². The molecule has 7 nitrogen and oxygen atoms in total. The summed E-state index contributed by atoms with van der Waals surface area (Å²) < 4.78 is 29.6. The fraction of sp³-hybridized carbons (Fsp3) is 0.273. The number of benzene rings is 2. The van der Waals surface area contributed by atoms with Crippen LogP contribution in [-0.4, -0.2) is 30.1 Å². The second-order valence-electron chi connectivity index (χ2n) is 7.40. The molecule has 0 aliphatic carbocycles. The Hall–Kier alpha value is -2.39. The van der Waals surface area contributed by atoms with Gasteiger partial charge in [0.05, 0.1) is 28.3 Å². The third-order valence-corrected chi connectivity index (χ3v) is 7.55. The summed E-state index contributed by atoms with van der Waals surface area (Å²) in [7, 11) is -4.09. The van der Waals surface area contributed by atoms with Crippen LogP contribution in [0.3, 0.4) is 0 Å². The fourth-order valence-electron chi connectivity index (χ4n) is 3.31. The Morgan fingerprint density at radius 2 is 1.69 bits per heavy atom. The molecule has 0 saturated heterocycles. The highest BCUT2D eigenvalue weighted by atomic mass is 35.5. The van der Waals surface area contributed by atoms with Crippen molar-refractivity contribution in [1.82, 2.24) is 19.8 Å². The minimum absolute atomic E-state index is 0.0188. The van der Waals surface area contributed by atoms with Crippen LogP contribution >= 0.6 is 23.2 Å². The zero-order valence-corrected chi connectivity index (χ0v) is 20.2. The molecule has 1 aromatic heterocycles. The van der Waals surface area contributed by atoms with E-state index in [1.165, 1.54) is 19.1 Å². The highest BCUT2D eigenvalue weighted by molar-refractivity contribution is 7.89. The van der Waals surface area contributed by atoms with Crippen LogP contribution in [0, 0.1) is 13.8 Å². The van der Waals surface area contributed by atoms with Gasteiger partial charge in [-0.15, -0.1) is 0 Å². The number of amides is 1. The highest BCUT2D eigenvalue weighted by Crippen LogP contribution is 2.28. The third kappa shape index (κ3) is 5.50. The SMILES string of the molecule is Cc1nn(Cc2ccccc2)c(C)c1CNC(=O)[C@H](C)NS(=O)(=O)c1c(Cl)cccc1Cl. The molecule has 0 aliphatic rings. The van der Waals surface area contributed by atoms with E-state index in [0.29, 0.717) is 6.54 Å². The normalized spacial score (nSPS) is 12.5. The maximum Gasteiger partial charge on any atom is 0.244 e. The lowest BCUT2D eigenvalue weighted by atomic mass is 10.2. The van der Waals surface area contributed by atoms with Gasteiger partial charge in [-0.2, -0.15) is 9.82 Å². The number of nitrogens with zero attached hydrogens (tertiary/aromatic N) is 2. The first-order chi connectivity index (χ1) is 15.1. The fourth-order valence-corrected chi connectivity index (χ4v) is 5.66. The third-order valence-electron chi connectivity index (χ3n) is 5.06. The first-order valence-corrected chi connectivity index (χ1v) is 12.1. The molecule has 2 N–H and O–H groups in total. The van der Waals surface area contributed by atoms with E-state index in [2.05, 4.69) is 15.1 Å². The van der Waals surface area contributed by atoms with Gasteiger partial charge in [0.25, 0.3) is 0 Å². The van der Waals surface area contributed by atoms with Gasteiger partial charge in [-0.25, -0.2) is 8.42 Å². The minimum atomic E-state index is -4.09. The number of rotatable bonds is 8. The quantitative estimate of drug-likeness (QED) is 0.497. The predicted molar refractivity (Wildman–Crippen MR) is 125 cm³/mol. The van der Waals surface area contributed by atoms with Crippen LogP contribution in [0.1, 0.15) is 29.4 Å². The standard InChI is InChI=1S/C22H24Cl2N4O3S/c1-14-18(16(3)28(26-14)13-17-8-5-4-6-9-17)12-25-22(29)15(2)27-32(30,31)21-19(23)10-7-11-20(21)24/h4-11,15,27H,12-13H2,1-3H3,(H,25,29)/t15-/m0/s1. The number of sulfonamides is 1. The number of halogens is 2. The Kier molecular flexibility index (Phi) is 7.61. The van der Waals surface area contributed by atoms with E-state index >= 15 is 0 Å². The van der Waals surface area contributed by atoms with Crippen LogP contribution in [-0.2, 0) is 27.9 Å². The Bertz CT molecular complexity index is 1210. The molecule has 0 fully saturated rings. The van der Waals surface area contributed by atoms with Gasteiger partial charge in [-0.1, -0.05) is 59.6 Å². The van der Waals surface area contributed by atoms with Crippen molar-refractivity contribution >= 4 is 39.1 Å². The number of carbonyl (C=O) groups is 1. The number of hydrogen-bond donors (Lipinski definition) is 2. The van der Waals surface area contributed by atoms with Crippen LogP contribution in [0.2, 0.25) is 10.0 Å². The van der Waals surface area contributed by atoms with Crippen molar-refractivity contribution in [3.63, 3.8) is 0 Å². The van der Waals surface area contributed by atoms with Crippen molar-refractivity contribution in [2.45, 2.75) is 44.8 Å². The molecule has 10 heteroatoms. The molecule has 32 heavy (non-hydrogen) atoms. The van der Waals surface area contributed by atoms with Gasteiger partial charge in [0.1, 0.15) is 4.90 Å². The van der Waals surface area contributed by atoms with Crippen LogP contribution < -0.4 is 10.0 Å². The minimum Gasteiger partial charge on any atom is -0.351 e. The largest absolute Gasteiger partial charge is 0.351 e. The van der Waals surface area contributed by atoms with E-state index in [4.69, 9.17) is 23.2 Å². The van der Waals surface area contributed by atoms with Gasteiger partial charge >= 0.3 is 0 Å². The molecule has 3 rings (SSSR count). The number of nitrogens with one attached hydrogen (secondary N) is 2. The zero-order valence-electron chi connectivity index (χ0n) is 17.9. The second-order valence-corrected chi connectivity index (χ2v) is 9.87. The first kappa shape index (κ1) is 24.3. The summed E-state index contributed by atoms with van der Waals surface area (Å²) in [4.78, 5) is 12.3. The second kappa shape index (κ2) is 10.0. The number of carbonyl (C=O) groups excluding carboxylic acids is 1. The monoisotopic (exact) mass is 494 g/mol. The van der Waals surface area contributed by atoms with Crippen LogP contribution in [0.25, 0.3) is 0 Å². The van der Waals surface area contributed by atoms with E-state index < -0.39 is 22.0 Å². The van der Waals surface area contributed by atoms with E-state index in [0.717, 1.165) is 22.5 Å². The molecule has 0 aliphatic heterocycles. The van der Waals surface area contributed by atoms with Gasteiger partial charge in [0.2, 0.25) is 15.9 Å². The molecule has 2 aromatic carbocycles. The molecule has 0 saturated carbocycles. The average Bonchev–Trinajstić information content (AvgIpc) is 2.98.